The monoisotopic (exact) mass is 361 g/mol. The molecule has 1 aliphatic carbocycles. The Morgan fingerprint density at radius 3 is 2.38 bits per heavy atom. The highest BCUT2D eigenvalue weighted by Crippen LogP contribution is 2.45. The number of benzene rings is 1. The molecule has 0 bridgehead atoms. The number of hydrogen-bond acceptors (Lipinski definition) is 2. The highest BCUT2D eigenvalue weighted by atomic mass is 32.2. The molecule has 0 N–H and O–H groups in total. The summed E-state index contributed by atoms with van der Waals surface area (Å²) >= 11 is 0. The zero-order valence-corrected chi connectivity index (χ0v) is 14.4. The van der Waals surface area contributed by atoms with Gasteiger partial charge < -0.3 is 0 Å². The number of sulfonamides is 1. The molecule has 1 saturated heterocycles. The molecule has 134 valence electrons. The van der Waals surface area contributed by atoms with Crippen LogP contribution in [0.3, 0.4) is 0 Å². The van der Waals surface area contributed by atoms with Gasteiger partial charge in [-0.15, -0.1) is 0 Å². The molecule has 1 heterocycles. The normalized spacial score (nSPS) is 28.8. The van der Waals surface area contributed by atoms with Gasteiger partial charge in [-0.1, -0.05) is 30.5 Å². The minimum Gasteiger partial charge on any atom is -0.207 e. The average Bonchev–Trinajstić information content (AvgIpc) is 2.83. The Balaban J connectivity index is 1.97. The summed E-state index contributed by atoms with van der Waals surface area (Å²) in [5, 5.41) is 0. The van der Waals surface area contributed by atoms with E-state index in [2.05, 4.69) is 0 Å². The average molecular weight is 361 g/mol. The van der Waals surface area contributed by atoms with E-state index in [-0.39, 0.29) is 16.9 Å². The Kier molecular flexibility index (Phi) is 4.68. The third-order valence-electron chi connectivity index (χ3n) is 5.19. The minimum absolute atomic E-state index is 0.0475. The van der Waals surface area contributed by atoms with Crippen molar-refractivity contribution >= 4 is 10.0 Å². The standard InChI is InChI=1S/C17H22F3NO2S/c1-12-6-8-15(9-7-12)24(22,23)21-14(11-17(18,19)20)10-13-4-2-3-5-16(13)21/h6-9,13-14,16H,2-5,10-11H2,1H3/t13-,14-,16+/m0/s1. The summed E-state index contributed by atoms with van der Waals surface area (Å²) in [4.78, 5) is 0.0893. The lowest BCUT2D eigenvalue weighted by Crippen LogP contribution is -2.44. The van der Waals surface area contributed by atoms with Crippen LogP contribution in [0.25, 0.3) is 0 Å². The Labute approximate surface area is 140 Å². The second-order valence-electron chi connectivity index (χ2n) is 6.97. The molecule has 3 rings (SSSR count). The molecule has 1 aromatic rings. The number of fused-ring (bicyclic) bond motifs is 1. The Morgan fingerprint density at radius 1 is 1.12 bits per heavy atom. The van der Waals surface area contributed by atoms with E-state index in [1.54, 1.807) is 12.1 Å². The van der Waals surface area contributed by atoms with E-state index in [9.17, 15) is 21.6 Å². The van der Waals surface area contributed by atoms with Crippen LogP contribution in [0.2, 0.25) is 0 Å². The fraction of sp³-hybridized carbons (Fsp3) is 0.647. The number of hydrogen-bond donors (Lipinski definition) is 0. The van der Waals surface area contributed by atoms with Crippen molar-refractivity contribution in [2.45, 2.75) is 68.6 Å². The molecule has 0 radical (unpaired) electrons. The van der Waals surface area contributed by atoms with Crippen molar-refractivity contribution in [2.75, 3.05) is 0 Å². The van der Waals surface area contributed by atoms with Gasteiger partial charge >= 0.3 is 6.18 Å². The van der Waals surface area contributed by atoms with Gasteiger partial charge in [0.25, 0.3) is 0 Å². The highest BCUT2D eigenvalue weighted by molar-refractivity contribution is 7.89. The van der Waals surface area contributed by atoms with Crippen molar-refractivity contribution in [3.05, 3.63) is 29.8 Å². The van der Waals surface area contributed by atoms with Gasteiger partial charge in [0.05, 0.1) is 11.3 Å². The van der Waals surface area contributed by atoms with Gasteiger partial charge in [-0.05, 0) is 44.2 Å². The van der Waals surface area contributed by atoms with Crippen molar-refractivity contribution in [1.82, 2.24) is 4.31 Å². The van der Waals surface area contributed by atoms with Gasteiger partial charge in [0.15, 0.2) is 0 Å². The van der Waals surface area contributed by atoms with Crippen LogP contribution in [-0.4, -0.2) is 31.0 Å². The Bertz CT molecular complexity index is 685. The summed E-state index contributed by atoms with van der Waals surface area (Å²) in [6.07, 6.45) is -1.79. The molecule has 2 aliphatic rings. The molecule has 24 heavy (non-hydrogen) atoms. The maximum Gasteiger partial charge on any atom is 0.390 e. The van der Waals surface area contributed by atoms with Crippen LogP contribution in [0.1, 0.15) is 44.1 Å². The van der Waals surface area contributed by atoms with Crippen LogP contribution in [0.4, 0.5) is 13.2 Å². The van der Waals surface area contributed by atoms with E-state index in [1.807, 2.05) is 6.92 Å². The van der Waals surface area contributed by atoms with E-state index in [0.29, 0.717) is 12.8 Å². The first kappa shape index (κ1) is 17.7. The van der Waals surface area contributed by atoms with Crippen molar-refractivity contribution in [1.29, 1.82) is 0 Å². The number of alkyl halides is 3. The first-order chi connectivity index (χ1) is 11.2. The predicted octanol–water partition coefficient (Wildman–Crippen LogP) is 4.27. The smallest absolute Gasteiger partial charge is 0.207 e. The molecule has 7 heteroatoms. The summed E-state index contributed by atoms with van der Waals surface area (Å²) in [7, 11) is -3.91. The fourth-order valence-corrected chi connectivity index (χ4v) is 6.08. The van der Waals surface area contributed by atoms with Gasteiger partial charge in [0, 0.05) is 12.1 Å². The molecule has 3 atom stereocenters. The fourth-order valence-electron chi connectivity index (χ4n) is 4.17. The zero-order chi connectivity index (χ0) is 17.5. The van der Waals surface area contributed by atoms with E-state index >= 15 is 0 Å². The van der Waals surface area contributed by atoms with Crippen molar-refractivity contribution in [3.63, 3.8) is 0 Å². The lowest BCUT2D eigenvalue weighted by atomic mass is 9.85. The molecule has 0 aromatic heterocycles. The lowest BCUT2D eigenvalue weighted by molar-refractivity contribution is -0.142. The van der Waals surface area contributed by atoms with Gasteiger partial charge in [0.2, 0.25) is 10.0 Å². The van der Waals surface area contributed by atoms with Crippen LogP contribution in [0.15, 0.2) is 29.2 Å². The zero-order valence-electron chi connectivity index (χ0n) is 13.6. The van der Waals surface area contributed by atoms with Gasteiger partial charge in [0.1, 0.15) is 0 Å². The number of rotatable bonds is 3. The molecular weight excluding hydrogens is 339 g/mol. The van der Waals surface area contributed by atoms with E-state index < -0.39 is 28.7 Å². The van der Waals surface area contributed by atoms with Gasteiger partial charge in [-0.3, -0.25) is 0 Å². The van der Waals surface area contributed by atoms with Crippen LogP contribution in [0, 0.1) is 12.8 Å². The first-order valence-electron chi connectivity index (χ1n) is 8.35. The highest BCUT2D eigenvalue weighted by Gasteiger charge is 2.51. The summed E-state index contributed by atoms with van der Waals surface area (Å²) in [6, 6.07) is 5.07. The summed E-state index contributed by atoms with van der Waals surface area (Å²) in [5.74, 6) is 0.0475. The molecule has 0 unspecified atom stereocenters. The number of nitrogens with zero attached hydrogens (tertiary/aromatic N) is 1. The van der Waals surface area contributed by atoms with Crippen LogP contribution in [0.5, 0.6) is 0 Å². The Morgan fingerprint density at radius 2 is 1.75 bits per heavy atom. The summed E-state index contributed by atoms with van der Waals surface area (Å²) < 4.78 is 66.2. The molecule has 1 aromatic carbocycles. The third kappa shape index (κ3) is 3.47. The minimum atomic E-state index is -4.36. The van der Waals surface area contributed by atoms with E-state index in [4.69, 9.17) is 0 Å². The maximum atomic E-state index is 13.1. The topological polar surface area (TPSA) is 37.4 Å². The van der Waals surface area contributed by atoms with Crippen molar-refractivity contribution in [3.8, 4) is 0 Å². The molecule has 0 amide bonds. The third-order valence-corrected chi connectivity index (χ3v) is 7.19. The predicted molar refractivity (Wildman–Crippen MR) is 85.0 cm³/mol. The largest absolute Gasteiger partial charge is 0.390 e. The summed E-state index contributed by atoms with van der Waals surface area (Å²) in [6.45, 7) is 1.84. The second kappa shape index (κ2) is 6.33. The molecular formula is C17H22F3NO2S. The van der Waals surface area contributed by atoms with Crippen LogP contribution in [-0.2, 0) is 10.0 Å². The quantitative estimate of drug-likeness (QED) is 0.806. The SMILES string of the molecule is Cc1ccc(S(=O)(=O)N2[C@H](CC(F)(F)F)C[C@@H]3CCCC[C@H]32)cc1. The molecule has 1 saturated carbocycles. The second-order valence-corrected chi connectivity index (χ2v) is 8.81. The molecule has 1 aliphatic heterocycles. The maximum absolute atomic E-state index is 13.1. The van der Waals surface area contributed by atoms with E-state index in [1.165, 1.54) is 16.4 Å². The molecule has 0 spiro atoms. The van der Waals surface area contributed by atoms with Gasteiger partial charge in [-0.25, -0.2) is 8.42 Å². The van der Waals surface area contributed by atoms with Crippen LogP contribution >= 0.6 is 0 Å². The molecule has 2 fully saturated rings. The van der Waals surface area contributed by atoms with Crippen LogP contribution < -0.4 is 0 Å². The first-order valence-corrected chi connectivity index (χ1v) is 9.79. The summed E-state index contributed by atoms with van der Waals surface area (Å²) in [5.41, 5.74) is 0.915. The number of aryl methyl sites for hydroxylation is 1. The number of halogens is 3. The van der Waals surface area contributed by atoms with Gasteiger partial charge in [-0.2, -0.15) is 17.5 Å². The van der Waals surface area contributed by atoms with Crippen molar-refractivity contribution < 1.29 is 21.6 Å². The molecule has 3 nitrogen and oxygen atoms in total. The van der Waals surface area contributed by atoms with Crippen molar-refractivity contribution in [2.24, 2.45) is 5.92 Å². The van der Waals surface area contributed by atoms with E-state index in [0.717, 1.165) is 24.8 Å². The Hall–Kier alpha value is -1.08. The lowest BCUT2D eigenvalue weighted by Gasteiger charge is -2.33.